The number of hydrogen-bond acceptors (Lipinski definition) is 7. The highest BCUT2D eigenvalue weighted by molar-refractivity contribution is 7.99. The quantitative estimate of drug-likeness (QED) is 0.0449. The summed E-state index contributed by atoms with van der Waals surface area (Å²) in [5.41, 5.74) is -2.61. The highest BCUT2D eigenvalue weighted by Gasteiger charge is 2.63. The van der Waals surface area contributed by atoms with Gasteiger partial charge in [0.1, 0.15) is 6.61 Å². The van der Waals surface area contributed by atoms with Crippen molar-refractivity contribution in [3.05, 3.63) is 0 Å². The van der Waals surface area contributed by atoms with Crippen LogP contribution in [0.2, 0.25) is 0 Å². The number of aliphatic hydroxyl groups is 1. The largest absolute Gasteiger partial charge is 0.589 e. The molecule has 0 spiro atoms. The molecule has 0 saturated heterocycles. The summed E-state index contributed by atoms with van der Waals surface area (Å²) in [6.45, 7) is 11.8. The summed E-state index contributed by atoms with van der Waals surface area (Å²) >= 11 is 1.85. The molecule has 1 N–H and O–H groups in total. The Morgan fingerprint density at radius 2 is 1.29 bits per heavy atom. The van der Waals surface area contributed by atoms with Crippen LogP contribution in [0.4, 0.5) is 0 Å². The van der Waals surface area contributed by atoms with Crippen molar-refractivity contribution < 1.29 is 28.5 Å². The summed E-state index contributed by atoms with van der Waals surface area (Å²) in [5, 5.41) is 11.2. The SMILES string of the molecule is CCCCCCCCCCSC(CCCCCCCCC)C(C)OC(O)(C(=O)OC(C)C)[P+](=O)OCCC. The Morgan fingerprint density at radius 1 is 0.789 bits per heavy atom. The summed E-state index contributed by atoms with van der Waals surface area (Å²) in [5.74, 6) is -0.0312. The minimum Gasteiger partial charge on any atom is -0.455 e. The van der Waals surface area contributed by atoms with E-state index in [1.807, 2.05) is 25.6 Å². The van der Waals surface area contributed by atoms with Crippen LogP contribution in [0.1, 0.15) is 151 Å². The van der Waals surface area contributed by atoms with E-state index >= 15 is 0 Å². The number of thioether (sulfide) groups is 1. The molecule has 4 unspecified atom stereocenters. The van der Waals surface area contributed by atoms with Gasteiger partial charge in [-0.1, -0.05) is 111 Å². The van der Waals surface area contributed by atoms with Gasteiger partial charge in [0, 0.05) is 5.25 Å². The third-order valence-electron chi connectivity index (χ3n) is 6.56. The first-order chi connectivity index (χ1) is 18.2. The molecule has 6 nitrogen and oxygen atoms in total. The van der Waals surface area contributed by atoms with Crippen molar-refractivity contribution in [2.45, 2.75) is 174 Å². The molecule has 0 rings (SSSR count). The predicted molar refractivity (Wildman–Crippen MR) is 162 cm³/mol. The fourth-order valence-corrected chi connectivity index (χ4v) is 6.59. The van der Waals surface area contributed by atoms with Crippen LogP contribution in [-0.4, -0.2) is 46.4 Å². The molecule has 0 aliphatic rings. The Bertz CT molecular complexity index is 591. The second-order valence-electron chi connectivity index (χ2n) is 10.8. The number of rotatable bonds is 27. The summed E-state index contributed by atoms with van der Waals surface area (Å²) in [4.78, 5) is 12.8. The molecule has 0 bridgehead atoms. The lowest BCUT2D eigenvalue weighted by Crippen LogP contribution is -2.45. The van der Waals surface area contributed by atoms with Crippen molar-refractivity contribution in [3.63, 3.8) is 0 Å². The molecule has 0 aromatic carbocycles. The number of esters is 1. The molecule has 0 amide bonds. The van der Waals surface area contributed by atoms with Crippen molar-refractivity contribution in [3.8, 4) is 0 Å². The lowest BCUT2D eigenvalue weighted by Gasteiger charge is -2.27. The monoisotopic (exact) mass is 579 g/mol. The average Bonchev–Trinajstić information content (AvgIpc) is 2.88. The highest BCUT2D eigenvalue weighted by atomic mass is 32.2. The predicted octanol–water partition coefficient (Wildman–Crippen LogP) is 9.54. The summed E-state index contributed by atoms with van der Waals surface area (Å²) < 4.78 is 29.3. The normalized spacial score (nSPS) is 15.3. The number of hydrogen-bond donors (Lipinski definition) is 1. The number of unbranched alkanes of at least 4 members (excludes halogenated alkanes) is 13. The van der Waals surface area contributed by atoms with E-state index in [0.717, 1.165) is 25.0 Å². The van der Waals surface area contributed by atoms with Gasteiger partial charge < -0.3 is 9.84 Å². The van der Waals surface area contributed by atoms with Gasteiger partial charge in [-0.15, -0.1) is 4.52 Å². The fraction of sp³-hybridized carbons (Fsp3) is 0.967. The van der Waals surface area contributed by atoms with Crippen molar-refractivity contribution in [2.75, 3.05) is 12.4 Å². The second-order valence-corrected chi connectivity index (χ2v) is 13.5. The minimum atomic E-state index is -2.81. The third-order valence-corrected chi connectivity index (χ3v) is 9.34. The van der Waals surface area contributed by atoms with Crippen LogP contribution >= 0.6 is 19.8 Å². The molecule has 38 heavy (non-hydrogen) atoms. The first kappa shape index (κ1) is 37.8. The molecule has 0 aliphatic carbocycles. The van der Waals surface area contributed by atoms with Crippen LogP contribution in [0.5, 0.6) is 0 Å². The Labute approximate surface area is 240 Å². The zero-order valence-electron chi connectivity index (χ0n) is 25.5. The first-order valence-electron chi connectivity index (χ1n) is 15.6. The van der Waals surface area contributed by atoms with Crippen LogP contribution in [-0.2, 0) is 23.4 Å². The molecular formula is C30H60O6PS+. The van der Waals surface area contributed by atoms with E-state index in [0.29, 0.717) is 6.42 Å². The first-order valence-corrected chi connectivity index (χ1v) is 17.8. The Balaban J connectivity index is 5.08. The lowest BCUT2D eigenvalue weighted by atomic mass is 10.1. The van der Waals surface area contributed by atoms with Crippen LogP contribution in [0.15, 0.2) is 0 Å². The highest BCUT2D eigenvalue weighted by Crippen LogP contribution is 2.43. The van der Waals surface area contributed by atoms with Gasteiger partial charge in [0.25, 0.3) is 0 Å². The molecule has 0 aliphatic heterocycles. The van der Waals surface area contributed by atoms with E-state index < -0.39 is 31.7 Å². The average molecular weight is 580 g/mol. The third kappa shape index (κ3) is 18.2. The van der Waals surface area contributed by atoms with Crippen LogP contribution in [0.3, 0.4) is 0 Å². The molecule has 8 heteroatoms. The number of carbonyl (C=O) groups is 1. The maximum atomic E-state index is 12.9. The molecule has 0 aromatic rings. The van der Waals surface area contributed by atoms with Crippen molar-refractivity contribution in [2.24, 2.45) is 0 Å². The van der Waals surface area contributed by atoms with E-state index in [2.05, 4.69) is 13.8 Å². The smallest absolute Gasteiger partial charge is 0.455 e. The Kier molecular flexibility index (Phi) is 24.5. The molecule has 0 heterocycles. The van der Waals surface area contributed by atoms with E-state index in [4.69, 9.17) is 14.0 Å². The van der Waals surface area contributed by atoms with Crippen LogP contribution < -0.4 is 0 Å². The molecule has 0 saturated carbocycles. The van der Waals surface area contributed by atoms with Gasteiger partial charge in [0.15, 0.2) is 0 Å². The van der Waals surface area contributed by atoms with E-state index in [9.17, 15) is 14.5 Å². The van der Waals surface area contributed by atoms with Gasteiger partial charge in [-0.2, -0.15) is 11.8 Å². The van der Waals surface area contributed by atoms with E-state index in [1.165, 1.54) is 83.5 Å². The van der Waals surface area contributed by atoms with Crippen molar-refractivity contribution in [1.82, 2.24) is 0 Å². The second kappa shape index (κ2) is 24.6. The van der Waals surface area contributed by atoms with Gasteiger partial charge in [-0.3, -0.25) is 4.74 Å². The minimum absolute atomic E-state index is 0.0862. The zero-order chi connectivity index (χ0) is 28.7. The molecule has 4 atom stereocenters. The Morgan fingerprint density at radius 3 is 1.79 bits per heavy atom. The van der Waals surface area contributed by atoms with Gasteiger partial charge >= 0.3 is 19.5 Å². The van der Waals surface area contributed by atoms with Gasteiger partial charge in [0.2, 0.25) is 0 Å². The maximum Gasteiger partial charge on any atom is 0.589 e. The number of carbonyl (C=O) groups excluding carboxylic acids is 1. The molecule has 226 valence electrons. The van der Waals surface area contributed by atoms with Gasteiger partial charge in [-0.25, -0.2) is 4.79 Å². The lowest BCUT2D eigenvalue weighted by molar-refractivity contribution is -0.212. The topological polar surface area (TPSA) is 82.1 Å². The van der Waals surface area contributed by atoms with Crippen molar-refractivity contribution in [1.29, 1.82) is 0 Å². The fourth-order valence-electron chi connectivity index (χ4n) is 4.28. The van der Waals surface area contributed by atoms with Gasteiger partial charge in [-0.05, 0) is 50.4 Å². The van der Waals surface area contributed by atoms with E-state index in [1.54, 1.807) is 13.8 Å². The summed E-state index contributed by atoms with van der Waals surface area (Å²) in [7, 11) is -2.81. The van der Waals surface area contributed by atoms with Crippen LogP contribution in [0, 0.1) is 0 Å². The van der Waals surface area contributed by atoms with Gasteiger partial charge in [0.05, 0.1) is 12.2 Å². The zero-order valence-corrected chi connectivity index (χ0v) is 27.2. The summed E-state index contributed by atoms with van der Waals surface area (Å²) in [6, 6.07) is 0. The van der Waals surface area contributed by atoms with E-state index in [-0.39, 0.29) is 11.9 Å². The molecule has 0 fully saturated rings. The molecular weight excluding hydrogens is 519 g/mol. The Hall–Kier alpha value is -0.200. The molecule has 0 radical (unpaired) electrons. The van der Waals surface area contributed by atoms with Crippen LogP contribution in [0.25, 0.3) is 0 Å². The molecule has 0 aromatic heterocycles. The standard InChI is InChI=1S/C30H60O6PS/c1-7-10-12-14-16-18-20-22-25-38-28(23-21-19-17-15-13-11-8-2)27(6)36-30(32,29(31)35-26(4)5)37(33)34-24-9-3/h26-28,32H,7-25H2,1-6H3/q+1. The van der Waals surface area contributed by atoms with Crippen molar-refractivity contribution >= 4 is 25.8 Å². The number of ether oxygens (including phenoxy) is 2. The summed E-state index contributed by atoms with van der Waals surface area (Å²) in [6.07, 6.45) is 19.4. The maximum absolute atomic E-state index is 12.9.